The summed E-state index contributed by atoms with van der Waals surface area (Å²) in [7, 11) is -3.83. The molecule has 0 aliphatic carbocycles. The number of rotatable bonds is 7. The van der Waals surface area contributed by atoms with Crippen molar-refractivity contribution in [1.82, 2.24) is 9.62 Å². The van der Waals surface area contributed by atoms with Gasteiger partial charge in [0.1, 0.15) is 0 Å². The predicted molar refractivity (Wildman–Crippen MR) is 94.5 cm³/mol. The molecule has 1 aromatic carbocycles. The van der Waals surface area contributed by atoms with Crippen LogP contribution in [-0.4, -0.2) is 43.1 Å². The lowest BCUT2D eigenvalue weighted by atomic mass is 9.94. The number of unbranched alkanes of at least 4 members (excludes halogenated alkanes) is 1. The van der Waals surface area contributed by atoms with Crippen LogP contribution in [0.2, 0.25) is 0 Å². The third-order valence-electron chi connectivity index (χ3n) is 5.02. The second-order valence-corrected chi connectivity index (χ2v) is 8.48. The topological polar surface area (TPSA) is 116 Å². The van der Waals surface area contributed by atoms with E-state index in [2.05, 4.69) is 5.32 Å². The minimum absolute atomic E-state index is 0.122. The van der Waals surface area contributed by atoms with Crippen LogP contribution in [0.15, 0.2) is 35.2 Å². The number of benzene rings is 1. The van der Waals surface area contributed by atoms with Crippen LogP contribution < -0.4 is 11.1 Å². The van der Waals surface area contributed by atoms with Gasteiger partial charge >= 0.3 is 0 Å². The van der Waals surface area contributed by atoms with E-state index in [0.29, 0.717) is 25.8 Å². The summed E-state index contributed by atoms with van der Waals surface area (Å²) in [6, 6.07) is 7.70. The SMILES string of the molecule is N=C(N)CCCC[C@H]1C(=O)N(S(=O)(=O)c2ccccc2)[C@H]2CCN[C@H]12. The fourth-order valence-electron chi connectivity index (χ4n) is 3.85. The highest BCUT2D eigenvalue weighted by atomic mass is 32.2. The van der Waals surface area contributed by atoms with E-state index in [1.807, 2.05) is 0 Å². The second-order valence-electron chi connectivity index (χ2n) is 6.67. The molecular formula is C17H24N4O3S. The molecule has 8 heteroatoms. The number of amides is 1. The fourth-order valence-corrected chi connectivity index (χ4v) is 5.55. The minimum atomic E-state index is -3.83. The molecule has 3 rings (SSSR count). The fraction of sp³-hybridized carbons (Fsp3) is 0.529. The lowest BCUT2D eigenvalue weighted by molar-refractivity contribution is -0.128. The molecule has 2 saturated heterocycles. The molecule has 25 heavy (non-hydrogen) atoms. The Balaban J connectivity index is 1.79. The Morgan fingerprint density at radius 3 is 2.68 bits per heavy atom. The summed E-state index contributed by atoms with van der Waals surface area (Å²) in [5.74, 6) is -0.505. The molecule has 7 nitrogen and oxygen atoms in total. The van der Waals surface area contributed by atoms with Gasteiger partial charge in [0.05, 0.1) is 22.7 Å². The van der Waals surface area contributed by atoms with Crippen molar-refractivity contribution in [3.63, 3.8) is 0 Å². The van der Waals surface area contributed by atoms with E-state index >= 15 is 0 Å². The maximum atomic E-state index is 13.0. The molecule has 0 spiro atoms. The molecule has 0 saturated carbocycles. The zero-order chi connectivity index (χ0) is 18.0. The number of hydrogen-bond acceptors (Lipinski definition) is 5. The number of carbonyl (C=O) groups is 1. The van der Waals surface area contributed by atoms with Crippen LogP contribution in [0.25, 0.3) is 0 Å². The van der Waals surface area contributed by atoms with Crippen LogP contribution in [0.1, 0.15) is 32.1 Å². The van der Waals surface area contributed by atoms with Gasteiger partial charge in [-0.1, -0.05) is 24.6 Å². The van der Waals surface area contributed by atoms with Gasteiger partial charge in [0.2, 0.25) is 5.91 Å². The number of amidine groups is 1. The molecule has 2 aliphatic heterocycles. The largest absolute Gasteiger partial charge is 0.388 e. The zero-order valence-electron chi connectivity index (χ0n) is 14.0. The Morgan fingerprint density at radius 2 is 2.00 bits per heavy atom. The van der Waals surface area contributed by atoms with E-state index in [1.165, 1.54) is 12.1 Å². The Bertz CT molecular complexity index is 750. The first-order valence-corrected chi connectivity index (χ1v) is 10.1. The number of carbonyl (C=O) groups excluding carboxylic acids is 1. The molecule has 1 amide bonds. The van der Waals surface area contributed by atoms with Gasteiger partial charge in [0, 0.05) is 12.5 Å². The van der Waals surface area contributed by atoms with E-state index in [0.717, 1.165) is 17.1 Å². The van der Waals surface area contributed by atoms with Gasteiger partial charge in [0.25, 0.3) is 10.0 Å². The summed E-state index contributed by atoms with van der Waals surface area (Å²) in [5.41, 5.74) is 5.36. The van der Waals surface area contributed by atoms with Crippen molar-refractivity contribution in [2.45, 2.75) is 49.1 Å². The molecular weight excluding hydrogens is 340 g/mol. The summed E-state index contributed by atoms with van der Waals surface area (Å²) in [6.07, 6.45) is 3.25. The normalized spacial score (nSPS) is 26.0. The first-order valence-electron chi connectivity index (χ1n) is 8.62. The van der Waals surface area contributed by atoms with Gasteiger partial charge in [0.15, 0.2) is 0 Å². The molecule has 2 fully saturated rings. The van der Waals surface area contributed by atoms with E-state index in [1.54, 1.807) is 18.2 Å². The Hall–Kier alpha value is -1.93. The van der Waals surface area contributed by atoms with Crippen molar-refractivity contribution in [2.24, 2.45) is 11.7 Å². The molecule has 3 atom stereocenters. The van der Waals surface area contributed by atoms with Crippen molar-refractivity contribution in [3.05, 3.63) is 30.3 Å². The number of nitrogens with zero attached hydrogens (tertiary/aromatic N) is 1. The Labute approximate surface area is 148 Å². The standard InChI is InChI=1S/C17H24N4O3S/c18-15(19)9-5-4-8-13-16-14(10-11-20-16)21(17(13)22)25(23,24)12-6-2-1-3-7-12/h1-3,6-7,13-14,16,20H,4-5,8-11H2,(H3,18,19)/t13-,14+,16-/m1/s1. The summed E-state index contributed by atoms with van der Waals surface area (Å²) in [4.78, 5) is 13.1. The van der Waals surface area contributed by atoms with E-state index < -0.39 is 10.0 Å². The van der Waals surface area contributed by atoms with Gasteiger partial charge in [-0.2, -0.15) is 0 Å². The quantitative estimate of drug-likeness (QED) is 0.380. The zero-order valence-corrected chi connectivity index (χ0v) is 14.8. The third kappa shape index (κ3) is 3.41. The van der Waals surface area contributed by atoms with Crippen LogP contribution in [0.5, 0.6) is 0 Å². The number of sulfonamides is 1. The van der Waals surface area contributed by atoms with E-state index in [4.69, 9.17) is 11.1 Å². The maximum absolute atomic E-state index is 13.0. The van der Waals surface area contributed by atoms with Crippen LogP contribution in [0, 0.1) is 11.3 Å². The number of fused-ring (bicyclic) bond motifs is 1. The number of hydrogen-bond donors (Lipinski definition) is 3. The van der Waals surface area contributed by atoms with Gasteiger partial charge in [-0.3, -0.25) is 10.2 Å². The second kappa shape index (κ2) is 7.13. The summed E-state index contributed by atoms with van der Waals surface area (Å²) in [5, 5.41) is 10.6. The number of nitrogens with one attached hydrogen (secondary N) is 2. The van der Waals surface area contributed by atoms with Crippen molar-refractivity contribution >= 4 is 21.8 Å². The summed E-state index contributed by atoms with van der Waals surface area (Å²) >= 11 is 0. The lowest BCUT2D eigenvalue weighted by Crippen LogP contribution is -2.40. The average Bonchev–Trinajstić information content (AvgIpc) is 3.13. The first kappa shape index (κ1) is 17.9. The summed E-state index contributed by atoms with van der Waals surface area (Å²) < 4.78 is 27.1. The van der Waals surface area contributed by atoms with Crippen molar-refractivity contribution in [3.8, 4) is 0 Å². The van der Waals surface area contributed by atoms with Gasteiger partial charge in [-0.15, -0.1) is 0 Å². The minimum Gasteiger partial charge on any atom is -0.388 e. The predicted octanol–water partition coefficient (Wildman–Crippen LogP) is 1.06. The smallest absolute Gasteiger partial charge is 0.266 e. The lowest BCUT2D eigenvalue weighted by Gasteiger charge is -2.22. The van der Waals surface area contributed by atoms with Crippen molar-refractivity contribution < 1.29 is 13.2 Å². The van der Waals surface area contributed by atoms with Crippen molar-refractivity contribution in [1.29, 1.82) is 5.41 Å². The van der Waals surface area contributed by atoms with E-state index in [9.17, 15) is 13.2 Å². The molecule has 2 heterocycles. The van der Waals surface area contributed by atoms with Crippen LogP contribution in [-0.2, 0) is 14.8 Å². The highest BCUT2D eigenvalue weighted by molar-refractivity contribution is 7.89. The molecule has 1 aromatic rings. The molecule has 4 N–H and O–H groups in total. The monoisotopic (exact) mass is 364 g/mol. The highest BCUT2D eigenvalue weighted by Crippen LogP contribution is 2.37. The van der Waals surface area contributed by atoms with Gasteiger partial charge in [-0.25, -0.2) is 12.7 Å². The average molecular weight is 364 g/mol. The molecule has 0 radical (unpaired) electrons. The van der Waals surface area contributed by atoms with Gasteiger partial charge in [-0.05, 0) is 37.9 Å². The first-order chi connectivity index (χ1) is 11.9. The molecule has 0 unspecified atom stereocenters. The Kier molecular flexibility index (Phi) is 5.10. The third-order valence-corrected chi connectivity index (χ3v) is 6.85. The van der Waals surface area contributed by atoms with Gasteiger partial charge < -0.3 is 11.1 Å². The Morgan fingerprint density at radius 1 is 1.28 bits per heavy atom. The number of nitrogens with two attached hydrogens (primary N) is 1. The molecule has 0 aromatic heterocycles. The molecule has 2 aliphatic rings. The van der Waals surface area contributed by atoms with Crippen molar-refractivity contribution in [2.75, 3.05) is 6.54 Å². The van der Waals surface area contributed by atoms with Crippen LogP contribution >= 0.6 is 0 Å². The maximum Gasteiger partial charge on any atom is 0.266 e. The van der Waals surface area contributed by atoms with E-state index in [-0.39, 0.29) is 34.6 Å². The molecule has 136 valence electrons. The highest BCUT2D eigenvalue weighted by Gasteiger charge is 2.54. The van der Waals surface area contributed by atoms with Crippen LogP contribution in [0.4, 0.5) is 0 Å². The molecule has 0 bridgehead atoms. The van der Waals surface area contributed by atoms with Crippen LogP contribution in [0.3, 0.4) is 0 Å². The summed E-state index contributed by atoms with van der Waals surface area (Å²) in [6.45, 7) is 0.716.